The van der Waals surface area contributed by atoms with Crippen LogP contribution in [0.4, 0.5) is 18.9 Å². The number of carboxylic acids is 2. The Hall–Kier alpha value is -4.96. The highest BCUT2D eigenvalue weighted by Gasteiger charge is 2.41. The molecule has 0 radical (unpaired) electrons. The van der Waals surface area contributed by atoms with Crippen LogP contribution >= 0.6 is 22.7 Å². The molecule has 4 heterocycles. The lowest BCUT2D eigenvalue weighted by Gasteiger charge is -2.45. The van der Waals surface area contributed by atoms with Crippen molar-refractivity contribution in [2.24, 2.45) is 0 Å². The van der Waals surface area contributed by atoms with Gasteiger partial charge in [0.05, 0.1) is 12.0 Å². The number of anilines is 1. The van der Waals surface area contributed by atoms with Gasteiger partial charge in [-0.3, -0.25) is 9.59 Å². The largest absolute Gasteiger partial charge is 0.744 e. The molecule has 15 heteroatoms. The van der Waals surface area contributed by atoms with Crippen LogP contribution in [0.5, 0.6) is 11.5 Å². The van der Waals surface area contributed by atoms with Crippen molar-refractivity contribution in [1.29, 1.82) is 0 Å². The minimum Gasteiger partial charge on any atom is -0.744 e. The van der Waals surface area contributed by atoms with Crippen LogP contribution in [-0.2, 0) is 30.7 Å². The van der Waals surface area contributed by atoms with E-state index in [1.807, 2.05) is 55.5 Å². The molecule has 1 aliphatic carbocycles. The van der Waals surface area contributed by atoms with Crippen molar-refractivity contribution in [3.63, 3.8) is 0 Å². The fourth-order valence-electron chi connectivity index (χ4n) is 8.37. The lowest BCUT2D eigenvalue weighted by atomic mass is 9.70. The van der Waals surface area contributed by atoms with Gasteiger partial charge in [0.25, 0.3) is 0 Å². The average molecular weight is 807 g/mol. The third-order valence-corrected chi connectivity index (χ3v) is 13.7. The Morgan fingerprint density at radius 3 is 2.13 bits per heavy atom. The van der Waals surface area contributed by atoms with Gasteiger partial charge in [0.1, 0.15) is 32.3 Å². The molecule has 0 bridgehead atoms. The monoisotopic (exact) mass is 806 g/mol. The van der Waals surface area contributed by atoms with E-state index >= 15 is 13.2 Å². The van der Waals surface area contributed by atoms with Crippen LogP contribution < -0.4 is 20.1 Å². The normalized spacial score (nSPS) is 16.0. The van der Waals surface area contributed by atoms with Crippen LogP contribution in [-0.4, -0.2) is 41.7 Å². The maximum Gasteiger partial charge on any atom is 0.305 e. The molecule has 5 aromatic rings. The minimum atomic E-state index is -5.76. The van der Waals surface area contributed by atoms with E-state index in [9.17, 15) is 32.8 Å². The number of thiophene rings is 2. The van der Waals surface area contributed by atoms with Crippen molar-refractivity contribution in [3.8, 4) is 32.4 Å². The summed E-state index contributed by atoms with van der Waals surface area (Å²) in [6, 6.07) is 10.3. The van der Waals surface area contributed by atoms with E-state index in [0.717, 1.165) is 26.5 Å². The predicted octanol–water partition coefficient (Wildman–Crippen LogP) is 7.65. The molecule has 0 fully saturated rings. The molecule has 2 N–H and O–H groups in total. The minimum absolute atomic E-state index is 0.0228. The summed E-state index contributed by atoms with van der Waals surface area (Å²) >= 11 is 2.79. The fourth-order valence-corrected chi connectivity index (χ4v) is 11.3. The van der Waals surface area contributed by atoms with Gasteiger partial charge < -0.3 is 24.4 Å². The molecular formula is C40H31F3NO8S3-. The van der Waals surface area contributed by atoms with Crippen LogP contribution in [0.25, 0.3) is 32.0 Å². The summed E-state index contributed by atoms with van der Waals surface area (Å²) in [5.74, 6) is -7.22. The number of rotatable bonds is 8. The zero-order valence-corrected chi connectivity index (χ0v) is 32.1. The highest BCUT2D eigenvalue weighted by atomic mass is 32.2. The van der Waals surface area contributed by atoms with Crippen LogP contribution in [0.2, 0.25) is 0 Å². The van der Waals surface area contributed by atoms with Gasteiger partial charge in [-0.15, -0.1) is 22.7 Å². The number of ether oxygens (including phenoxy) is 1. The molecule has 0 unspecified atom stereocenters. The molecule has 0 atom stereocenters. The van der Waals surface area contributed by atoms with Gasteiger partial charge in [0, 0.05) is 79.0 Å². The standard InChI is InChI=1S/C40H32F3NO8S3/c1-39(2)23(5-6-31(45)46)18-15-29-21(13-19(18)36-24(39)8-11-53-36)33(34-35(43)26(41)16-27(42)38(34)55(49,50)51)22-14-20-28(17-30(22)52-29)44(10-7-32(47)48)40(3,4)25-9-12-54-37(20)25/h8-9,11-17H,5-7,10H2,1-4H3,(H,45,46)(H,47,48)(H,49,50,51)/p-1. The van der Waals surface area contributed by atoms with E-state index < -0.39 is 60.9 Å². The van der Waals surface area contributed by atoms with Crippen molar-refractivity contribution in [3.05, 3.63) is 103 Å². The van der Waals surface area contributed by atoms with E-state index in [4.69, 9.17) is 4.74 Å². The Balaban J connectivity index is 1.55. The highest BCUT2D eigenvalue weighted by Crippen LogP contribution is 2.54. The summed E-state index contributed by atoms with van der Waals surface area (Å²) in [6.07, 6.45) is -0.253. The molecule has 2 aromatic heterocycles. The molecule has 8 rings (SSSR count). The van der Waals surface area contributed by atoms with Gasteiger partial charge in [-0.25, -0.2) is 21.6 Å². The molecule has 3 aromatic carbocycles. The molecule has 0 saturated carbocycles. The second-order valence-electron chi connectivity index (χ2n) is 14.7. The Morgan fingerprint density at radius 1 is 0.818 bits per heavy atom. The van der Waals surface area contributed by atoms with Crippen molar-refractivity contribution in [2.75, 3.05) is 11.4 Å². The summed E-state index contributed by atoms with van der Waals surface area (Å²) in [5.41, 5.74) is 1.45. The van der Waals surface area contributed by atoms with Gasteiger partial charge in [-0.1, -0.05) is 19.4 Å². The summed E-state index contributed by atoms with van der Waals surface area (Å²) in [7, 11) is -5.76. The first-order chi connectivity index (χ1) is 25.8. The number of aliphatic carboxylic acids is 2. The van der Waals surface area contributed by atoms with E-state index in [2.05, 4.69) is 0 Å². The van der Waals surface area contributed by atoms with E-state index in [0.29, 0.717) is 22.0 Å². The Morgan fingerprint density at radius 2 is 1.47 bits per heavy atom. The second kappa shape index (κ2) is 12.5. The third-order valence-electron chi connectivity index (χ3n) is 10.9. The lowest BCUT2D eigenvalue weighted by molar-refractivity contribution is -0.137. The summed E-state index contributed by atoms with van der Waals surface area (Å²) in [4.78, 5) is 25.5. The Bertz CT molecular complexity index is 2780. The summed E-state index contributed by atoms with van der Waals surface area (Å²) in [6.45, 7) is 7.90. The maximum absolute atomic E-state index is 16.4. The van der Waals surface area contributed by atoms with Gasteiger partial charge >= 0.3 is 11.9 Å². The zero-order chi connectivity index (χ0) is 39.5. The summed E-state index contributed by atoms with van der Waals surface area (Å²) in [5, 5.41) is 23.7. The van der Waals surface area contributed by atoms with Gasteiger partial charge in [-0.05, 0) is 77.7 Å². The van der Waals surface area contributed by atoms with Crippen molar-refractivity contribution in [1.82, 2.24) is 0 Å². The van der Waals surface area contributed by atoms with Crippen LogP contribution in [0.3, 0.4) is 0 Å². The predicted molar refractivity (Wildman–Crippen MR) is 201 cm³/mol. The Kier molecular flexibility index (Phi) is 8.43. The molecular weight excluding hydrogens is 776 g/mol. The van der Waals surface area contributed by atoms with Gasteiger partial charge in [0.2, 0.25) is 0 Å². The fraction of sp³-hybridized carbons (Fsp3) is 0.250. The second-order valence-corrected chi connectivity index (χ2v) is 17.9. The first-order valence-electron chi connectivity index (χ1n) is 17.1. The SMILES string of the molecule is CC1(C)C(CCC(=O)O)=c2cc3c(cc2-c2sccc21)=C(c1c(F)c(F)cc(F)c1S(=O)(=O)[O-])c1cc2c(cc1O3)N(CCC(=O)O)C(C)(C)c1ccsc1-2. The van der Waals surface area contributed by atoms with Crippen LogP contribution in [0.1, 0.15) is 69.2 Å². The van der Waals surface area contributed by atoms with E-state index in [-0.39, 0.29) is 59.7 Å². The number of carbonyl (C=O) groups is 2. The number of fused-ring (bicyclic) bond motifs is 8. The molecule has 0 spiro atoms. The van der Waals surface area contributed by atoms with Crippen LogP contribution in [0, 0.1) is 17.5 Å². The number of hydrogen-bond acceptors (Lipinski definition) is 9. The quantitative estimate of drug-likeness (QED) is 0.117. The van der Waals surface area contributed by atoms with Crippen molar-refractivity contribution >= 4 is 61.6 Å². The molecule has 284 valence electrons. The first kappa shape index (κ1) is 37.0. The lowest BCUT2D eigenvalue weighted by Crippen LogP contribution is -2.45. The maximum atomic E-state index is 16.4. The molecule has 9 nitrogen and oxygen atoms in total. The first-order valence-corrected chi connectivity index (χ1v) is 20.3. The average Bonchev–Trinajstić information content (AvgIpc) is 3.79. The van der Waals surface area contributed by atoms with E-state index in [1.54, 1.807) is 24.3 Å². The van der Waals surface area contributed by atoms with Gasteiger partial charge in [0.15, 0.2) is 11.6 Å². The topological polar surface area (TPSA) is 144 Å². The highest BCUT2D eigenvalue weighted by molar-refractivity contribution is 7.85. The number of carboxylic acid groups (broad SMARTS) is 2. The van der Waals surface area contributed by atoms with Crippen molar-refractivity contribution in [2.45, 2.75) is 62.8 Å². The molecule has 55 heavy (non-hydrogen) atoms. The Labute approximate surface area is 321 Å². The molecule has 2 aliphatic heterocycles. The van der Waals surface area contributed by atoms with Crippen molar-refractivity contribution < 1.29 is 50.7 Å². The van der Waals surface area contributed by atoms with Crippen LogP contribution in [0.15, 0.2) is 58.1 Å². The number of benzene rings is 3. The zero-order valence-electron chi connectivity index (χ0n) is 29.7. The number of nitrogens with zero attached hydrogens (tertiary/aromatic N) is 1. The number of hydrogen-bond donors (Lipinski definition) is 2. The number of halogens is 3. The van der Waals surface area contributed by atoms with E-state index in [1.165, 1.54) is 22.7 Å². The van der Waals surface area contributed by atoms with Gasteiger partial charge in [-0.2, -0.15) is 0 Å². The third kappa shape index (κ3) is 5.61. The summed E-state index contributed by atoms with van der Waals surface area (Å²) < 4.78 is 92.2. The molecule has 0 amide bonds. The molecule has 3 aliphatic rings. The smallest absolute Gasteiger partial charge is 0.305 e. The molecule has 0 saturated heterocycles.